The number of aromatic nitrogens is 1. The van der Waals surface area contributed by atoms with E-state index in [9.17, 15) is 4.79 Å². The van der Waals surface area contributed by atoms with E-state index in [-0.39, 0.29) is 12.5 Å². The second kappa shape index (κ2) is 7.54. The number of anilines is 1. The van der Waals surface area contributed by atoms with Crippen molar-refractivity contribution in [1.29, 1.82) is 0 Å². The van der Waals surface area contributed by atoms with E-state index >= 15 is 0 Å². The topological polar surface area (TPSA) is 34.0 Å². The number of carbonyl (C=O) groups excluding carboxylic acids is 1. The summed E-state index contributed by atoms with van der Waals surface area (Å²) >= 11 is 6.00. The molecule has 0 radical (unpaired) electrons. The molecule has 0 aliphatic rings. The Morgan fingerprint density at radius 1 is 1.12 bits per heavy atom. The predicted molar refractivity (Wildman–Crippen MR) is 101 cm³/mol. The van der Waals surface area contributed by atoms with Crippen LogP contribution in [0.25, 0.3) is 10.9 Å². The second-order valence-electron chi connectivity index (χ2n) is 6.00. The van der Waals surface area contributed by atoms with Gasteiger partial charge in [-0.1, -0.05) is 37.1 Å². The summed E-state index contributed by atoms with van der Waals surface area (Å²) in [7, 11) is 0. The summed E-state index contributed by atoms with van der Waals surface area (Å²) in [5.74, 6) is -0.0382. The third-order valence-electron chi connectivity index (χ3n) is 4.10. The average molecular weight is 341 g/mol. The summed E-state index contributed by atoms with van der Waals surface area (Å²) in [6.45, 7) is 2.47. The number of halogens is 1. The third kappa shape index (κ3) is 3.98. The van der Waals surface area contributed by atoms with E-state index in [0.29, 0.717) is 5.02 Å². The van der Waals surface area contributed by atoms with Gasteiger partial charge in [0.05, 0.1) is 0 Å². The first kappa shape index (κ1) is 16.6. The van der Waals surface area contributed by atoms with Gasteiger partial charge in [-0.3, -0.25) is 4.79 Å². The van der Waals surface area contributed by atoms with Gasteiger partial charge < -0.3 is 9.88 Å². The highest BCUT2D eigenvalue weighted by molar-refractivity contribution is 6.31. The summed E-state index contributed by atoms with van der Waals surface area (Å²) in [4.78, 5) is 12.3. The molecular weight excluding hydrogens is 320 g/mol. The fraction of sp³-hybridized carbons (Fsp3) is 0.250. The zero-order valence-electron chi connectivity index (χ0n) is 13.8. The Kier molecular flexibility index (Phi) is 5.21. The number of unbranched alkanes of at least 4 members (excludes halogenated alkanes) is 1. The molecule has 1 N–H and O–H groups in total. The van der Waals surface area contributed by atoms with Crippen LogP contribution in [0.2, 0.25) is 5.02 Å². The second-order valence-corrected chi connectivity index (χ2v) is 6.43. The number of carbonyl (C=O) groups is 1. The fourth-order valence-corrected chi connectivity index (χ4v) is 2.98. The van der Waals surface area contributed by atoms with Crippen LogP contribution in [0.1, 0.15) is 25.3 Å². The van der Waals surface area contributed by atoms with E-state index in [4.69, 9.17) is 11.6 Å². The molecule has 0 aliphatic carbocycles. The van der Waals surface area contributed by atoms with Crippen LogP contribution in [0.15, 0.2) is 54.7 Å². The Labute approximate surface area is 147 Å². The molecular formula is C20H21ClN2O. The Balaban J connectivity index is 1.64. The SMILES string of the molecule is CCCCc1ccc(NC(=O)Cn2ccc3cc(Cl)ccc32)cc1. The van der Waals surface area contributed by atoms with Gasteiger partial charge in [-0.25, -0.2) is 0 Å². The molecule has 2 aromatic carbocycles. The number of nitrogens with one attached hydrogen (secondary N) is 1. The molecule has 4 heteroatoms. The first-order chi connectivity index (χ1) is 11.7. The van der Waals surface area contributed by atoms with E-state index in [2.05, 4.69) is 24.4 Å². The highest BCUT2D eigenvalue weighted by Crippen LogP contribution is 2.20. The van der Waals surface area contributed by atoms with Gasteiger partial charge in [0.25, 0.3) is 0 Å². The number of rotatable bonds is 6. The maximum atomic E-state index is 12.3. The quantitative estimate of drug-likeness (QED) is 0.651. The molecule has 3 aromatic rings. The largest absolute Gasteiger partial charge is 0.338 e. The van der Waals surface area contributed by atoms with Gasteiger partial charge in [0.2, 0.25) is 5.91 Å². The smallest absolute Gasteiger partial charge is 0.244 e. The van der Waals surface area contributed by atoms with Gasteiger partial charge in [0.1, 0.15) is 6.54 Å². The molecule has 0 unspecified atom stereocenters. The van der Waals surface area contributed by atoms with E-state index < -0.39 is 0 Å². The summed E-state index contributed by atoms with van der Waals surface area (Å²) in [5.41, 5.74) is 3.15. The maximum absolute atomic E-state index is 12.3. The molecule has 0 saturated carbocycles. The lowest BCUT2D eigenvalue weighted by molar-refractivity contribution is -0.116. The van der Waals surface area contributed by atoms with Gasteiger partial charge in [0.15, 0.2) is 0 Å². The Morgan fingerprint density at radius 2 is 1.92 bits per heavy atom. The van der Waals surface area contributed by atoms with Crippen LogP contribution in [-0.4, -0.2) is 10.5 Å². The summed E-state index contributed by atoms with van der Waals surface area (Å²) in [6, 6.07) is 15.8. The standard InChI is InChI=1S/C20H21ClN2O/c1-2-3-4-15-5-8-18(9-6-15)22-20(24)14-23-12-11-16-13-17(21)7-10-19(16)23/h5-13H,2-4,14H2,1H3,(H,22,24). The molecule has 0 spiro atoms. The van der Waals surface area contributed by atoms with Crippen molar-refractivity contribution in [2.75, 3.05) is 5.32 Å². The van der Waals surface area contributed by atoms with Crippen molar-refractivity contribution in [3.05, 3.63) is 65.3 Å². The molecule has 0 saturated heterocycles. The number of nitrogens with zero attached hydrogens (tertiary/aromatic N) is 1. The van der Waals surface area contributed by atoms with Crippen LogP contribution in [0.5, 0.6) is 0 Å². The van der Waals surface area contributed by atoms with Crippen molar-refractivity contribution in [1.82, 2.24) is 4.57 Å². The number of amides is 1. The molecule has 1 heterocycles. The molecule has 3 nitrogen and oxygen atoms in total. The van der Waals surface area contributed by atoms with Gasteiger partial charge in [-0.2, -0.15) is 0 Å². The summed E-state index contributed by atoms with van der Waals surface area (Å²) in [5, 5.41) is 4.69. The average Bonchev–Trinajstić information content (AvgIpc) is 2.96. The minimum atomic E-state index is -0.0382. The number of hydrogen-bond donors (Lipinski definition) is 1. The molecule has 0 aliphatic heterocycles. The normalized spacial score (nSPS) is 10.9. The van der Waals surface area contributed by atoms with Gasteiger partial charge in [-0.15, -0.1) is 0 Å². The van der Waals surface area contributed by atoms with Crippen LogP contribution in [0.3, 0.4) is 0 Å². The van der Waals surface area contributed by atoms with Crippen LogP contribution in [0, 0.1) is 0 Å². The molecule has 3 rings (SSSR count). The van der Waals surface area contributed by atoms with Crippen molar-refractivity contribution < 1.29 is 4.79 Å². The lowest BCUT2D eigenvalue weighted by atomic mass is 10.1. The van der Waals surface area contributed by atoms with Crippen LogP contribution >= 0.6 is 11.6 Å². The molecule has 0 atom stereocenters. The van der Waals surface area contributed by atoms with Gasteiger partial charge in [-0.05, 0) is 54.8 Å². The van der Waals surface area contributed by atoms with Gasteiger partial charge in [0, 0.05) is 27.8 Å². The lowest BCUT2D eigenvalue weighted by Crippen LogP contribution is -2.18. The van der Waals surface area contributed by atoms with Crippen molar-refractivity contribution in [2.24, 2.45) is 0 Å². The van der Waals surface area contributed by atoms with Crippen molar-refractivity contribution in [3.8, 4) is 0 Å². The fourth-order valence-electron chi connectivity index (χ4n) is 2.80. The highest BCUT2D eigenvalue weighted by Gasteiger charge is 2.07. The molecule has 24 heavy (non-hydrogen) atoms. The summed E-state index contributed by atoms with van der Waals surface area (Å²) < 4.78 is 1.93. The third-order valence-corrected chi connectivity index (χ3v) is 4.34. The van der Waals surface area contributed by atoms with Crippen molar-refractivity contribution in [2.45, 2.75) is 32.7 Å². The van der Waals surface area contributed by atoms with Crippen LogP contribution in [0.4, 0.5) is 5.69 Å². The first-order valence-electron chi connectivity index (χ1n) is 8.29. The van der Waals surface area contributed by atoms with E-state index in [1.807, 2.05) is 47.2 Å². The van der Waals surface area contributed by atoms with Gasteiger partial charge >= 0.3 is 0 Å². The first-order valence-corrected chi connectivity index (χ1v) is 8.66. The lowest BCUT2D eigenvalue weighted by Gasteiger charge is -2.08. The maximum Gasteiger partial charge on any atom is 0.244 e. The zero-order chi connectivity index (χ0) is 16.9. The molecule has 1 aromatic heterocycles. The van der Waals surface area contributed by atoms with E-state index in [0.717, 1.165) is 23.0 Å². The molecule has 124 valence electrons. The number of fused-ring (bicyclic) bond motifs is 1. The Bertz CT molecular complexity index is 836. The van der Waals surface area contributed by atoms with Crippen molar-refractivity contribution in [3.63, 3.8) is 0 Å². The predicted octanol–water partition coefficient (Wildman–Crippen LogP) is 5.28. The zero-order valence-corrected chi connectivity index (χ0v) is 14.5. The minimum absolute atomic E-state index is 0.0382. The van der Waals surface area contributed by atoms with E-state index in [1.165, 1.54) is 18.4 Å². The van der Waals surface area contributed by atoms with Crippen molar-refractivity contribution >= 4 is 34.1 Å². The molecule has 0 bridgehead atoms. The molecule has 0 fully saturated rings. The van der Waals surface area contributed by atoms with E-state index in [1.54, 1.807) is 0 Å². The number of aryl methyl sites for hydroxylation is 1. The number of benzene rings is 2. The minimum Gasteiger partial charge on any atom is -0.338 e. The number of hydrogen-bond acceptors (Lipinski definition) is 1. The van der Waals surface area contributed by atoms with Crippen LogP contribution < -0.4 is 5.32 Å². The monoisotopic (exact) mass is 340 g/mol. The highest BCUT2D eigenvalue weighted by atomic mass is 35.5. The molecule has 1 amide bonds. The Hall–Kier alpha value is -2.26. The summed E-state index contributed by atoms with van der Waals surface area (Å²) in [6.07, 6.45) is 5.38. The Morgan fingerprint density at radius 3 is 2.67 bits per heavy atom. The van der Waals surface area contributed by atoms with Crippen LogP contribution in [-0.2, 0) is 17.8 Å².